The number of amides is 2. The average molecular weight is 360 g/mol. The van der Waals surface area contributed by atoms with Gasteiger partial charge in [-0.25, -0.2) is 13.6 Å². The fraction of sp³-hybridized carbons (Fsp3) is 0.421. The molecule has 1 aromatic carbocycles. The van der Waals surface area contributed by atoms with Crippen LogP contribution in [-0.4, -0.2) is 34.2 Å². The lowest BCUT2D eigenvalue weighted by Gasteiger charge is -2.32. The third-order valence-corrected chi connectivity index (χ3v) is 4.89. The summed E-state index contributed by atoms with van der Waals surface area (Å²) in [5.41, 5.74) is 1.89. The molecule has 1 fully saturated rings. The highest BCUT2D eigenvalue weighted by molar-refractivity contribution is 5.89. The van der Waals surface area contributed by atoms with Crippen molar-refractivity contribution in [3.63, 3.8) is 0 Å². The average Bonchev–Trinajstić information content (AvgIpc) is 2.63. The van der Waals surface area contributed by atoms with Crippen LogP contribution in [0.4, 0.5) is 19.3 Å². The summed E-state index contributed by atoms with van der Waals surface area (Å²) in [6, 6.07) is 5.33. The minimum atomic E-state index is -0.551. The van der Waals surface area contributed by atoms with Gasteiger partial charge in [0.1, 0.15) is 11.6 Å². The zero-order valence-corrected chi connectivity index (χ0v) is 14.7. The Bertz CT molecular complexity index is 776. The molecule has 0 spiro atoms. The number of rotatable bonds is 4. The first-order valence-electron chi connectivity index (χ1n) is 8.81. The first-order valence-corrected chi connectivity index (χ1v) is 8.81. The maximum absolute atomic E-state index is 13.7. The van der Waals surface area contributed by atoms with Crippen LogP contribution in [0.1, 0.15) is 30.5 Å². The maximum atomic E-state index is 13.7. The summed E-state index contributed by atoms with van der Waals surface area (Å²) in [6.45, 7) is 3.13. The van der Waals surface area contributed by atoms with Crippen molar-refractivity contribution in [3.8, 4) is 0 Å². The van der Waals surface area contributed by atoms with E-state index < -0.39 is 11.6 Å². The quantitative estimate of drug-likeness (QED) is 0.898. The molecule has 7 heteroatoms. The number of carbonyl (C=O) groups excluding carboxylic acids is 1. The van der Waals surface area contributed by atoms with Gasteiger partial charge in [0.2, 0.25) is 0 Å². The molecule has 2 amide bonds. The van der Waals surface area contributed by atoms with E-state index in [9.17, 15) is 13.6 Å². The van der Waals surface area contributed by atoms with E-state index in [0.717, 1.165) is 25.3 Å². The standard InChI is InChI=1S/C19H22F2N4O/c1-13-18(6-9-22-24-13)23-19(26)25-10-7-14(8-11-25)2-3-15-4-5-16(20)12-17(15)21/h4-6,9,12,14H,2-3,7-8,10-11H2,1H3,(H,22,23,26). The number of nitrogens with one attached hydrogen (secondary N) is 1. The molecule has 1 aromatic heterocycles. The summed E-state index contributed by atoms with van der Waals surface area (Å²) < 4.78 is 26.7. The summed E-state index contributed by atoms with van der Waals surface area (Å²) in [7, 11) is 0. The van der Waals surface area contributed by atoms with Crippen LogP contribution in [0.25, 0.3) is 0 Å². The largest absolute Gasteiger partial charge is 0.325 e. The topological polar surface area (TPSA) is 58.1 Å². The second-order valence-electron chi connectivity index (χ2n) is 6.67. The van der Waals surface area contributed by atoms with Crippen molar-refractivity contribution in [2.75, 3.05) is 18.4 Å². The molecule has 1 aliphatic rings. The Hall–Kier alpha value is -2.57. The molecule has 1 aliphatic heterocycles. The molecule has 2 aromatic rings. The van der Waals surface area contributed by atoms with Crippen molar-refractivity contribution in [2.45, 2.75) is 32.6 Å². The number of likely N-dealkylation sites (tertiary alicyclic amines) is 1. The molecular weight excluding hydrogens is 338 g/mol. The molecule has 138 valence electrons. The van der Waals surface area contributed by atoms with Crippen molar-refractivity contribution in [1.82, 2.24) is 15.1 Å². The molecule has 0 saturated carbocycles. The zero-order valence-electron chi connectivity index (χ0n) is 14.7. The van der Waals surface area contributed by atoms with Crippen molar-refractivity contribution in [1.29, 1.82) is 0 Å². The predicted octanol–water partition coefficient (Wildman–Crippen LogP) is 3.94. The highest BCUT2D eigenvalue weighted by Gasteiger charge is 2.23. The molecule has 0 bridgehead atoms. The van der Waals surface area contributed by atoms with Gasteiger partial charge in [-0.15, -0.1) is 0 Å². The smallest absolute Gasteiger partial charge is 0.321 e. The lowest BCUT2D eigenvalue weighted by Crippen LogP contribution is -2.41. The summed E-state index contributed by atoms with van der Waals surface area (Å²) in [5, 5.41) is 10.6. The Kier molecular flexibility index (Phi) is 5.75. The van der Waals surface area contributed by atoms with E-state index in [1.165, 1.54) is 12.1 Å². The van der Waals surface area contributed by atoms with Gasteiger partial charge in [-0.2, -0.15) is 10.2 Å². The molecule has 0 aliphatic carbocycles. The first-order chi connectivity index (χ1) is 12.5. The number of aryl methyl sites for hydroxylation is 2. The van der Waals surface area contributed by atoms with Gasteiger partial charge in [0, 0.05) is 19.2 Å². The number of piperidine rings is 1. The van der Waals surface area contributed by atoms with E-state index in [0.29, 0.717) is 42.4 Å². The highest BCUT2D eigenvalue weighted by atomic mass is 19.1. The first kappa shape index (κ1) is 18.2. The van der Waals surface area contributed by atoms with Crippen LogP contribution < -0.4 is 5.32 Å². The van der Waals surface area contributed by atoms with Crippen LogP contribution in [0.5, 0.6) is 0 Å². The molecule has 26 heavy (non-hydrogen) atoms. The number of carbonyl (C=O) groups is 1. The molecule has 3 rings (SSSR count). The van der Waals surface area contributed by atoms with E-state index in [-0.39, 0.29) is 6.03 Å². The lowest BCUT2D eigenvalue weighted by atomic mass is 9.90. The monoisotopic (exact) mass is 360 g/mol. The van der Waals surface area contributed by atoms with Gasteiger partial charge in [0.05, 0.1) is 17.6 Å². The molecule has 1 saturated heterocycles. The number of hydrogen-bond donors (Lipinski definition) is 1. The van der Waals surface area contributed by atoms with Gasteiger partial charge < -0.3 is 10.2 Å². The van der Waals surface area contributed by atoms with Gasteiger partial charge in [0.25, 0.3) is 0 Å². The van der Waals surface area contributed by atoms with Crippen LogP contribution in [0.15, 0.2) is 30.5 Å². The molecule has 0 atom stereocenters. The second kappa shape index (κ2) is 8.21. The molecule has 5 nitrogen and oxygen atoms in total. The number of halogens is 2. The van der Waals surface area contributed by atoms with Crippen LogP contribution in [0.3, 0.4) is 0 Å². The minimum Gasteiger partial charge on any atom is -0.325 e. The van der Waals surface area contributed by atoms with E-state index in [2.05, 4.69) is 15.5 Å². The Balaban J connectivity index is 1.46. The fourth-order valence-electron chi connectivity index (χ4n) is 3.24. The van der Waals surface area contributed by atoms with Crippen LogP contribution in [0, 0.1) is 24.5 Å². The number of hydrogen-bond acceptors (Lipinski definition) is 3. The Morgan fingerprint density at radius 3 is 2.73 bits per heavy atom. The molecular formula is C19H22F2N4O. The number of nitrogens with zero attached hydrogens (tertiary/aromatic N) is 3. The van der Waals surface area contributed by atoms with Crippen molar-refractivity contribution < 1.29 is 13.6 Å². The lowest BCUT2D eigenvalue weighted by molar-refractivity contribution is 0.180. The van der Waals surface area contributed by atoms with Crippen molar-refractivity contribution >= 4 is 11.7 Å². The minimum absolute atomic E-state index is 0.135. The summed E-state index contributed by atoms with van der Waals surface area (Å²) in [6.07, 6.45) is 4.73. The third kappa shape index (κ3) is 4.53. The van der Waals surface area contributed by atoms with E-state index in [1.54, 1.807) is 24.1 Å². The Labute approximate surface area is 151 Å². The maximum Gasteiger partial charge on any atom is 0.321 e. The van der Waals surface area contributed by atoms with E-state index in [4.69, 9.17) is 0 Å². The molecule has 2 heterocycles. The van der Waals surface area contributed by atoms with Crippen LogP contribution in [0.2, 0.25) is 0 Å². The summed E-state index contributed by atoms with van der Waals surface area (Å²) in [4.78, 5) is 14.2. The number of benzene rings is 1. The van der Waals surface area contributed by atoms with Crippen molar-refractivity contribution in [2.24, 2.45) is 5.92 Å². The van der Waals surface area contributed by atoms with Crippen LogP contribution >= 0.6 is 0 Å². The normalized spacial score (nSPS) is 15.1. The fourth-order valence-corrected chi connectivity index (χ4v) is 3.24. The van der Waals surface area contributed by atoms with E-state index in [1.807, 2.05) is 0 Å². The van der Waals surface area contributed by atoms with Crippen LogP contribution in [-0.2, 0) is 6.42 Å². The van der Waals surface area contributed by atoms with Gasteiger partial charge in [-0.05, 0) is 56.2 Å². The predicted molar refractivity (Wildman–Crippen MR) is 94.8 cm³/mol. The van der Waals surface area contributed by atoms with Gasteiger partial charge in [0.15, 0.2) is 0 Å². The SMILES string of the molecule is Cc1nnccc1NC(=O)N1CCC(CCc2ccc(F)cc2F)CC1. The Morgan fingerprint density at radius 2 is 2.04 bits per heavy atom. The number of urea groups is 1. The third-order valence-electron chi connectivity index (χ3n) is 4.89. The highest BCUT2D eigenvalue weighted by Crippen LogP contribution is 2.24. The zero-order chi connectivity index (χ0) is 18.5. The Morgan fingerprint density at radius 1 is 1.27 bits per heavy atom. The van der Waals surface area contributed by atoms with Gasteiger partial charge >= 0.3 is 6.03 Å². The summed E-state index contributed by atoms with van der Waals surface area (Å²) in [5.74, 6) is -0.596. The van der Waals surface area contributed by atoms with E-state index >= 15 is 0 Å². The molecule has 0 radical (unpaired) electrons. The van der Waals surface area contributed by atoms with Gasteiger partial charge in [-0.3, -0.25) is 0 Å². The second-order valence-corrected chi connectivity index (χ2v) is 6.67. The molecule has 1 N–H and O–H groups in total. The summed E-state index contributed by atoms with van der Waals surface area (Å²) >= 11 is 0. The molecule has 0 unspecified atom stereocenters. The van der Waals surface area contributed by atoms with Gasteiger partial charge in [-0.1, -0.05) is 6.07 Å². The number of aromatic nitrogens is 2. The van der Waals surface area contributed by atoms with Crippen molar-refractivity contribution in [3.05, 3.63) is 53.4 Å². The number of anilines is 1.